The molecule has 0 aromatic heterocycles. The van der Waals surface area contributed by atoms with Gasteiger partial charge in [0.05, 0.1) is 25.9 Å². The molecule has 2 rings (SSSR count). The van der Waals surface area contributed by atoms with Crippen LogP contribution in [0.2, 0.25) is 0 Å². The van der Waals surface area contributed by atoms with E-state index < -0.39 is 0 Å². The first-order chi connectivity index (χ1) is 8.81. The standard InChI is InChI=1S/C14H20FNO2/c1-2-14(12-5-3-4-6-13(12)15)16-9-11-10-17-7-8-18-11/h3-6,11,14,16H,2,7-10H2,1H3. The fourth-order valence-electron chi connectivity index (χ4n) is 2.16. The van der Waals surface area contributed by atoms with Crippen LogP contribution in [0.5, 0.6) is 0 Å². The van der Waals surface area contributed by atoms with Crippen molar-refractivity contribution < 1.29 is 13.9 Å². The molecule has 1 saturated heterocycles. The Morgan fingerprint density at radius 2 is 2.22 bits per heavy atom. The lowest BCUT2D eigenvalue weighted by Crippen LogP contribution is -2.38. The number of hydrogen-bond acceptors (Lipinski definition) is 3. The third kappa shape index (κ3) is 3.51. The highest BCUT2D eigenvalue weighted by Crippen LogP contribution is 2.19. The maximum atomic E-state index is 13.7. The zero-order valence-electron chi connectivity index (χ0n) is 10.7. The molecule has 0 spiro atoms. The van der Waals surface area contributed by atoms with Gasteiger partial charge in [-0.2, -0.15) is 0 Å². The van der Waals surface area contributed by atoms with E-state index in [0.29, 0.717) is 26.4 Å². The predicted molar refractivity (Wildman–Crippen MR) is 68.0 cm³/mol. The summed E-state index contributed by atoms with van der Waals surface area (Å²) in [7, 11) is 0. The SMILES string of the molecule is CCC(NCC1COCCO1)c1ccccc1F. The van der Waals surface area contributed by atoms with E-state index >= 15 is 0 Å². The molecule has 1 aliphatic heterocycles. The van der Waals surface area contributed by atoms with Crippen LogP contribution in [-0.2, 0) is 9.47 Å². The molecule has 2 atom stereocenters. The molecule has 1 aliphatic rings. The Labute approximate surface area is 107 Å². The normalized spacial score (nSPS) is 21.8. The average Bonchev–Trinajstić information content (AvgIpc) is 2.42. The second-order valence-electron chi connectivity index (χ2n) is 4.46. The van der Waals surface area contributed by atoms with E-state index in [1.165, 1.54) is 6.07 Å². The maximum absolute atomic E-state index is 13.7. The molecule has 0 bridgehead atoms. The van der Waals surface area contributed by atoms with Crippen molar-refractivity contribution in [1.82, 2.24) is 5.32 Å². The third-order valence-corrected chi connectivity index (χ3v) is 3.17. The Hall–Kier alpha value is -0.970. The smallest absolute Gasteiger partial charge is 0.127 e. The Bertz CT molecular complexity index is 367. The van der Waals surface area contributed by atoms with Crippen LogP contribution in [0.25, 0.3) is 0 Å². The minimum atomic E-state index is -0.155. The maximum Gasteiger partial charge on any atom is 0.127 e. The van der Waals surface area contributed by atoms with Crippen molar-refractivity contribution in [3.8, 4) is 0 Å². The van der Waals surface area contributed by atoms with Crippen molar-refractivity contribution in [2.45, 2.75) is 25.5 Å². The first kappa shape index (κ1) is 13.5. The fourth-order valence-corrected chi connectivity index (χ4v) is 2.16. The second kappa shape index (κ2) is 6.83. The van der Waals surface area contributed by atoms with Gasteiger partial charge in [0.1, 0.15) is 5.82 Å². The highest BCUT2D eigenvalue weighted by molar-refractivity contribution is 5.21. The first-order valence-electron chi connectivity index (χ1n) is 6.48. The van der Waals surface area contributed by atoms with Crippen molar-refractivity contribution in [3.05, 3.63) is 35.6 Å². The van der Waals surface area contributed by atoms with E-state index in [0.717, 1.165) is 12.0 Å². The van der Waals surface area contributed by atoms with Gasteiger partial charge in [0.25, 0.3) is 0 Å². The molecule has 1 aromatic rings. The lowest BCUT2D eigenvalue weighted by molar-refractivity contribution is -0.0871. The van der Waals surface area contributed by atoms with Gasteiger partial charge in [-0.05, 0) is 12.5 Å². The largest absolute Gasteiger partial charge is 0.376 e. The molecule has 0 radical (unpaired) electrons. The lowest BCUT2D eigenvalue weighted by atomic mass is 10.0. The number of nitrogens with one attached hydrogen (secondary N) is 1. The highest BCUT2D eigenvalue weighted by atomic mass is 19.1. The van der Waals surface area contributed by atoms with Crippen LogP contribution in [0, 0.1) is 5.82 Å². The summed E-state index contributed by atoms with van der Waals surface area (Å²) in [5.41, 5.74) is 0.719. The molecular formula is C14H20FNO2. The highest BCUT2D eigenvalue weighted by Gasteiger charge is 2.18. The summed E-state index contributed by atoms with van der Waals surface area (Å²) >= 11 is 0. The number of ether oxygens (including phenoxy) is 2. The minimum absolute atomic E-state index is 0.0247. The Balaban J connectivity index is 1.91. The van der Waals surface area contributed by atoms with Gasteiger partial charge in [-0.25, -0.2) is 4.39 Å². The molecule has 1 N–H and O–H groups in total. The van der Waals surface area contributed by atoms with Crippen LogP contribution in [0.4, 0.5) is 4.39 Å². The van der Waals surface area contributed by atoms with Gasteiger partial charge >= 0.3 is 0 Å². The molecule has 1 aromatic carbocycles. The van der Waals surface area contributed by atoms with Crippen LogP contribution in [0.1, 0.15) is 24.9 Å². The van der Waals surface area contributed by atoms with Gasteiger partial charge in [0.2, 0.25) is 0 Å². The molecular weight excluding hydrogens is 233 g/mol. The second-order valence-corrected chi connectivity index (χ2v) is 4.46. The van der Waals surface area contributed by atoms with Crippen LogP contribution in [0.15, 0.2) is 24.3 Å². The van der Waals surface area contributed by atoms with Crippen LogP contribution in [-0.4, -0.2) is 32.5 Å². The topological polar surface area (TPSA) is 30.5 Å². The van der Waals surface area contributed by atoms with E-state index in [1.807, 2.05) is 19.1 Å². The molecule has 0 saturated carbocycles. The molecule has 2 unspecified atom stereocenters. The van der Waals surface area contributed by atoms with Crippen molar-refractivity contribution in [2.24, 2.45) is 0 Å². The number of halogens is 1. The molecule has 1 fully saturated rings. The van der Waals surface area contributed by atoms with Crippen molar-refractivity contribution in [3.63, 3.8) is 0 Å². The Morgan fingerprint density at radius 1 is 1.39 bits per heavy atom. The van der Waals surface area contributed by atoms with Crippen molar-refractivity contribution in [1.29, 1.82) is 0 Å². The van der Waals surface area contributed by atoms with E-state index in [4.69, 9.17) is 9.47 Å². The quantitative estimate of drug-likeness (QED) is 0.873. The van der Waals surface area contributed by atoms with E-state index in [-0.39, 0.29) is 18.0 Å². The summed E-state index contributed by atoms with van der Waals surface area (Å²) in [6, 6.07) is 6.93. The molecule has 4 heteroatoms. The fraction of sp³-hybridized carbons (Fsp3) is 0.571. The molecule has 1 heterocycles. The summed E-state index contributed by atoms with van der Waals surface area (Å²) in [5.74, 6) is -0.155. The van der Waals surface area contributed by atoms with E-state index in [1.54, 1.807) is 6.07 Å². The Morgan fingerprint density at radius 3 is 2.89 bits per heavy atom. The summed E-state index contributed by atoms with van der Waals surface area (Å²) in [4.78, 5) is 0. The molecule has 18 heavy (non-hydrogen) atoms. The summed E-state index contributed by atoms with van der Waals surface area (Å²) in [6.07, 6.45) is 0.911. The number of hydrogen-bond donors (Lipinski definition) is 1. The Kier molecular flexibility index (Phi) is 5.11. The van der Waals surface area contributed by atoms with Gasteiger partial charge in [0, 0.05) is 18.2 Å². The average molecular weight is 253 g/mol. The zero-order chi connectivity index (χ0) is 12.8. The molecule has 0 amide bonds. The zero-order valence-corrected chi connectivity index (χ0v) is 10.7. The first-order valence-corrected chi connectivity index (χ1v) is 6.48. The summed E-state index contributed by atoms with van der Waals surface area (Å²) < 4.78 is 24.6. The monoisotopic (exact) mass is 253 g/mol. The van der Waals surface area contributed by atoms with E-state index in [2.05, 4.69) is 5.32 Å². The molecule has 100 valence electrons. The van der Waals surface area contributed by atoms with Gasteiger partial charge in [-0.15, -0.1) is 0 Å². The third-order valence-electron chi connectivity index (χ3n) is 3.17. The molecule has 0 aliphatic carbocycles. The summed E-state index contributed by atoms with van der Waals surface area (Å²) in [5, 5.41) is 3.35. The number of benzene rings is 1. The minimum Gasteiger partial charge on any atom is -0.376 e. The van der Waals surface area contributed by atoms with Gasteiger partial charge in [-0.1, -0.05) is 25.1 Å². The van der Waals surface area contributed by atoms with Crippen molar-refractivity contribution in [2.75, 3.05) is 26.4 Å². The summed E-state index contributed by atoms with van der Waals surface area (Å²) in [6.45, 7) is 4.65. The predicted octanol–water partition coefficient (Wildman–Crippen LogP) is 2.28. The van der Waals surface area contributed by atoms with E-state index in [9.17, 15) is 4.39 Å². The van der Waals surface area contributed by atoms with Gasteiger partial charge in [0.15, 0.2) is 0 Å². The van der Waals surface area contributed by atoms with Crippen LogP contribution >= 0.6 is 0 Å². The van der Waals surface area contributed by atoms with Gasteiger partial charge < -0.3 is 14.8 Å². The van der Waals surface area contributed by atoms with Gasteiger partial charge in [-0.3, -0.25) is 0 Å². The van der Waals surface area contributed by atoms with Crippen molar-refractivity contribution >= 4 is 0 Å². The molecule has 3 nitrogen and oxygen atoms in total. The lowest BCUT2D eigenvalue weighted by Gasteiger charge is -2.26. The van der Waals surface area contributed by atoms with Crippen LogP contribution in [0.3, 0.4) is 0 Å². The number of rotatable bonds is 5. The van der Waals surface area contributed by atoms with Crippen LogP contribution < -0.4 is 5.32 Å².